The van der Waals surface area contributed by atoms with E-state index < -0.39 is 0 Å². The summed E-state index contributed by atoms with van der Waals surface area (Å²) in [7, 11) is 0. The van der Waals surface area contributed by atoms with E-state index in [0.717, 1.165) is 22.5 Å². The zero-order valence-electron chi connectivity index (χ0n) is 10.6. The van der Waals surface area contributed by atoms with E-state index in [9.17, 15) is 9.18 Å². The van der Waals surface area contributed by atoms with Crippen LogP contribution < -0.4 is 5.32 Å². The van der Waals surface area contributed by atoms with Crippen LogP contribution in [0.25, 0.3) is 16.8 Å². The minimum atomic E-state index is -0.359. The molecule has 1 amide bonds. The highest BCUT2D eigenvalue weighted by Crippen LogP contribution is 2.31. The van der Waals surface area contributed by atoms with Crippen LogP contribution in [0.15, 0.2) is 36.7 Å². The molecule has 0 atom stereocenters. The predicted octanol–water partition coefficient (Wildman–Crippen LogP) is 3.01. The summed E-state index contributed by atoms with van der Waals surface area (Å²) in [5.74, 6) is -0.430. The van der Waals surface area contributed by atoms with Gasteiger partial charge in [-0.1, -0.05) is 6.07 Å². The predicted molar refractivity (Wildman–Crippen MR) is 73.3 cm³/mol. The number of carbonyl (C=O) groups excluding carboxylic acids is 1. The number of hydrogen-bond donors (Lipinski definition) is 1. The highest BCUT2D eigenvalue weighted by molar-refractivity contribution is 6.18. The molecule has 0 radical (unpaired) electrons. The molecule has 4 nitrogen and oxygen atoms in total. The Kier molecular flexibility index (Phi) is 2.04. The van der Waals surface area contributed by atoms with E-state index >= 15 is 0 Å². The Hall–Kier alpha value is -2.69. The van der Waals surface area contributed by atoms with E-state index in [4.69, 9.17) is 0 Å². The summed E-state index contributed by atoms with van der Waals surface area (Å²) >= 11 is 0. The summed E-state index contributed by atoms with van der Waals surface area (Å²) in [4.78, 5) is 15.3. The second kappa shape index (κ2) is 3.66. The molecule has 4 rings (SSSR count). The van der Waals surface area contributed by atoms with E-state index in [1.54, 1.807) is 16.7 Å². The van der Waals surface area contributed by atoms with E-state index in [-0.39, 0.29) is 11.7 Å². The zero-order chi connectivity index (χ0) is 13.9. The molecule has 98 valence electrons. The van der Waals surface area contributed by atoms with Crippen molar-refractivity contribution in [3.05, 3.63) is 53.7 Å². The Balaban J connectivity index is 1.89. The summed E-state index contributed by atoms with van der Waals surface area (Å²) in [6.07, 6.45) is 3.62. The van der Waals surface area contributed by atoms with Gasteiger partial charge in [0.25, 0.3) is 5.91 Å². The fourth-order valence-electron chi connectivity index (χ4n) is 2.49. The van der Waals surface area contributed by atoms with Gasteiger partial charge in [-0.25, -0.2) is 9.37 Å². The van der Waals surface area contributed by atoms with Gasteiger partial charge in [-0.3, -0.25) is 4.79 Å². The standard InChI is InChI=1S/C15H10FN3O/c1-8-6-19-7-10(4-12(16)14(19)17-8)9-2-3-11-13(5-9)18-15(11)20/h2-7H,1H3,(H,18,20). The van der Waals surface area contributed by atoms with Gasteiger partial charge >= 0.3 is 0 Å². The third-order valence-electron chi connectivity index (χ3n) is 3.47. The van der Waals surface area contributed by atoms with Crippen molar-refractivity contribution in [1.29, 1.82) is 0 Å². The summed E-state index contributed by atoms with van der Waals surface area (Å²) < 4.78 is 15.7. The number of rotatable bonds is 1. The fourth-order valence-corrected chi connectivity index (χ4v) is 2.49. The number of imidazole rings is 1. The fraction of sp³-hybridized carbons (Fsp3) is 0.0667. The van der Waals surface area contributed by atoms with Crippen molar-refractivity contribution < 1.29 is 9.18 Å². The van der Waals surface area contributed by atoms with E-state index in [2.05, 4.69) is 10.3 Å². The molecule has 0 aliphatic carbocycles. The number of pyridine rings is 1. The number of benzene rings is 1. The second-order valence-corrected chi connectivity index (χ2v) is 4.90. The van der Waals surface area contributed by atoms with E-state index in [1.807, 2.05) is 25.3 Å². The number of carbonyl (C=O) groups is 1. The Morgan fingerprint density at radius 1 is 1.20 bits per heavy atom. The molecule has 0 unspecified atom stereocenters. The lowest BCUT2D eigenvalue weighted by molar-refractivity contribution is 0.101. The molecule has 3 heterocycles. The largest absolute Gasteiger partial charge is 0.321 e. The molecular weight excluding hydrogens is 257 g/mol. The van der Waals surface area contributed by atoms with Crippen LogP contribution in [0, 0.1) is 12.7 Å². The normalized spacial score (nSPS) is 13.0. The number of aryl methyl sites for hydroxylation is 1. The molecule has 0 spiro atoms. The van der Waals surface area contributed by atoms with Crippen molar-refractivity contribution >= 4 is 17.2 Å². The maximum Gasteiger partial charge on any atom is 0.257 e. The zero-order valence-corrected chi connectivity index (χ0v) is 10.6. The van der Waals surface area contributed by atoms with Gasteiger partial charge in [-0.2, -0.15) is 0 Å². The first-order valence-electron chi connectivity index (χ1n) is 6.22. The Morgan fingerprint density at radius 2 is 2.05 bits per heavy atom. The van der Waals surface area contributed by atoms with Gasteiger partial charge in [0.05, 0.1) is 16.9 Å². The van der Waals surface area contributed by atoms with Gasteiger partial charge in [-0.05, 0) is 30.7 Å². The summed E-state index contributed by atoms with van der Waals surface area (Å²) in [6.45, 7) is 1.83. The topological polar surface area (TPSA) is 46.4 Å². The minimum Gasteiger partial charge on any atom is -0.321 e. The summed E-state index contributed by atoms with van der Waals surface area (Å²) in [5.41, 5.74) is 4.16. The van der Waals surface area contributed by atoms with Crippen molar-refractivity contribution in [2.75, 3.05) is 5.32 Å². The van der Waals surface area contributed by atoms with Crippen LogP contribution >= 0.6 is 0 Å². The average molecular weight is 267 g/mol. The lowest BCUT2D eigenvalue weighted by Gasteiger charge is -2.20. The van der Waals surface area contributed by atoms with E-state index in [1.165, 1.54) is 6.07 Å². The molecule has 0 saturated carbocycles. The third-order valence-corrected chi connectivity index (χ3v) is 3.47. The highest BCUT2D eigenvalue weighted by atomic mass is 19.1. The lowest BCUT2D eigenvalue weighted by atomic mass is 9.99. The number of hydrogen-bond acceptors (Lipinski definition) is 2. The van der Waals surface area contributed by atoms with Crippen LogP contribution in [-0.2, 0) is 0 Å². The molecule has 1 aliphatic rings. The number of aromatic nitrogens is 2. The Morgan fingerprint density at radius 3 is 2.80 bits per heavy atom. The molecule has 3 aromatic rings. The van der Waals surface area contributed by atoms with Gasteiger partial charge in [0.2, 0.25) is 0 Å². The molecule has 0 saturated heterocycles. The summed E-state index contributed by atoms with van der Waals surface area (Å²) in [5, 5.41) is 2.70. The van der Waals surface area contributed by atoms with Crippen molar-refractivity contribution in [2.24, 2.45) is 0 Å². The minimum absolute atomic E-state index is 0.0709. The number of fused-ring (bicyclic) bond motifs is 2. The van der Waals surface area contributed by atoms with Crippen molar-refractivity contribution in [2.45, 2.75) is 6.92 Å². The number of nitrogens with zero attached hydrogens (tertiary/aromatic N) is 2. The first kappa shape index (κ1) is 11.2. The van der Waals surface area contributed by atoms with Gasteiger partial charge in [0.1, 0.15) is 0 Å². The first-order valence-corrected chi connectivity index (χ1v) is 6.22. The first-order chi connectivity index (χ1) is 9.61. The maximum atomic E-state index is 14.0. The Labute approximate surface area is 113 Å². The molecule has 1 aromatic carbocycles. The lowest BCUT2D eigenvalue weighted by Crippen LogP contribution is -2.24. The summed E-state index contributed by atoms with van der Waals surface area (Å²) in [6, 6.07) is 6.89. The second-order valence-electron chi connectivity index (χ2n) is 4.90. The molecule has 0 fully saturated rings. The molecule has 5 heteroatoms. The smallest absolute Gasteiger partial charge is 0.257 e. The SMILES string of the molecule is Cc1cn2cc(-c3ccc4c(c3)NC4=O)cc(F)c2n1. The quantitative estimate of drug-likeness (QED) is 0.736. The molecule has 20 heavy (non-hydrogen) atoms. The van der Waals surface area contributed by atoms with E-state index in [0.29, 0.717) is 11.2 Å². The highest BCUT2D eigenvalue weighted by Gasteiger charge is 2.22. The van der Waals surface area contributed by atoms with Crippen LogP contribution in [0.3, 0.4) is 0 Å². The molecule has 1 N–H and O–H groups in total. The van der Waals surface area contributed by atoms with Crippen molar-refractivity contribution in [3.63, 3.8) is 0 Å². The van der Waals surface area contributed by atoms with Crippen molar-refractivity contribution in [1.82, 2.24) is 9.38 Å². The number of halogens is 1. The van der Waals surface area contributed by atoms with Crippen molar-refractivity contribution in [3.8, 4) is 11.1 Å². The average Bonchev–Trinajstić information content (AvgIpc) is 2.78. The van der Waals surface area contributed by atoms with Crippen LogP contribution in [0.4, 0.5) is 10.1 Å². The molecule has 0 bridgehead atoms. The number of nitrogens with one attached hydrogen (secondary N) is 1. The number of amides is 1. The van der Waals surface area contributed by atoms with Gasteiger partial charge < -0.3 is 9.72 Å². The number of anilines is 1. The van der Waals surface area contributed by atoms with Gasteiger partial charge in [0, 0.05) is 18.0 Å². The Bertz CT molecular complexity index is 882. The van der Waals surface area contributed by atoms with Crippen LogP contribution in [0.1, 0.15) is 16.1 Å². The molecular formula is C15H10FN3O. The molecule has 2 aromatic heterocycles. The van der Waals surface area contributed by atoms with Crippen LogP contribution in [0.5, 0.6) is 0 Å². The molecule has 1 aliphatic heterocycles. The van der Waals surface area contributed by atoms with Gasteiger partial charge in [0.15, 0.2) is 11.5 Å². The monoisotopic (exact) mass is 267 g/mol. The maximum absolute atomic E-state index is 14.0. The van der Waals surface area contributed by atoms with Crippen LogP contribution in [0.2, 0.25) is 0 Å². The third kappa shape index (κ3) is 1.46. The van der Waals surface area contributed by atoms with Gasteiger partial charge in [-0.15, -0.1) is 0 Å². The van der Waals surface area contributed by atoms with Crippen LogP contribution in [-0.4, -0.2) is 15.3 Å².